The van der Waals surface area contributed by atoms with Gasteiger partial charge in [0, 0.05) is 18.4 Å². The Balaban J connectivity index is 2.25. The largest absolute Gasteiger partial charge is 0.496 e. The normalized spacial score (nSPS) is 34.2. The van der Waals surface area contributed by atoms with Crippen LogP contribution >= 0.6 is 15.9 Å². The predicted octanol–water partition coefficient (Wildman–Crippen LogP) is 2.42. The first-order valence-corrected chi connectivity index (χ1v) is 5.60. The van der Waals surface area contributed by atoms with Gasteiger partial charge in [0.25, 0.3) is 0 Å². The van der Waals surface area contributed by atoms with Gasteiger partial charge in [-0.1, -0.05) is 22.9 Å². The molecule has 2 nitrogen and oxygen atoms in total. The molecule has 13 heavy (non-hydrogen) atoms. The third kappa shape index (κ3) is 1.80. The predicted molar refractivity (Wildman–Crippen MR) is 53.7 cm³/mol. The first-order valence-electron chi connectivity index (χ1n) is 4.69. The minimum Gasteiger partial charge on any atom is -0.496 e. The molecule has 72 valence electrons. The van der Waals surface area contributed by atoms with Gasteiger partial charge >= 0.3 is 0 Å². The number of carbonyl (C=O) groups is 1. The van der Waals surface area contributed by atoms with Gasteiger partial charge in [-0.2, -0.15) is 0 Å². The molecule has 2 unspecified atom stereocenters. The smallest absolute Gasteiger partial charge is 0.162 e. The molecule has 0 radical (unpaired) electrons. The zero-order chi connectivity index (χ0) is 9.42. The molecule has 0 fully saturated rings. The number of carbonyl (C=O) groups excluding carboxylic acids is 1. The Morgan fingerprint density at radius 1 is 1.38 bits per heavy atom. The fourth-order valence-electron chi connectivity index (χ4n) is 1.95. The summed E-state index contributed by atoms with van der Waals surface area (Å²) in [5.74, 6) is 1.70. The summed E-state index contributed by atoms with van der Waals surface area (Å²) in [5.41, 5.74) is 0.936. The lowest BCUT2D eigenvalue weighted by Crippen LogP contribution is -2.27. The first kappa shape index (κ1) is 9.25. The van der Waals surface area contributed by atoms with Gasteiger partial charge in [-0.15, -0.1) is 0 Å². The monoisotopic (exact) mass is 244 g/mol. The molecule has 0 N–H and O–H groups in total. The quantitative estimate of drug-likeness (QED) is 0.612. The third-order valence-electron chi connectivity index (χ3n) is 2.60. The fraction of sp³-hybridized carbons (Fsp3) is 0.700. The van der Waals surface area contributed by atoms with Crippen LogP contribution < -0.4 is 0 Å². The first-order chi connectivity index (χ1) is 6.16. The topological polar surface area (TPSA) is 26.3 Å². The van der Waals surface area contributed by atoms with Crippen molar-refractivity contribution in [1.82, 2.24) is 0 Å². The van der Waals surface area contributed by atoms with Crippen molar-refractivity contribution in [3.05, 3.63) is 11.3 Å². The van der Waals surface area contributed by atoms with Crippen molar-refractivity contribution >= 4 is 21.7 Å². The van der Waals surface area contributed by atoms with E-state index in [1.807, 2.05) is 0 Å². The number of alkyl halides is 1. The number of hydrogen-bond donors (Lipinski definition) is 0. The van der Waals surface area contributed by atoms with Gasteiger partial charge in [0.05, 0.1) is 4.83 Å². The van der Waals surface area contributed by atoms with Crippen LogP contribution in [0, 0.1) is 5.92 Å². The van der Waals surface area contributed by atoms with Crippen molar-refractivity contribution in [2.75, 3.05) is 6.61 Å². The van der Waals surface area contributed by atoms with Crippen LogP contribution in [0.15, 0.2) is 11.3 Å². The van der Waals surface area contributed by atoms with Gasteiger partial charge in [-0.05, 0) is 12.3 Å². The Labute approximate surface area is 86.5 Å². The molecule has 2 rings (SSSR count). The molecule has 0 spiro atoms. The van der Waals surface area contributed by atoms with Crippen LogP contribution in [-0.4, -0.2) is 17.2 Å². The summed E-state index contributed by atoms with van der Waals surface area (Å²) in [6.45, 7) is 2.81. The average Bonchev–Trinajstić information content (AvgIpc) is 2.06. The van der Waals surface area contributed by atoms with Crippen LogP contribution in [-0.2, 0) is 9.53 Å². The molecule has 1 heterocycles. The van der Waals surface area contributed by atoms with Crippen LogP contribution in [0.4, 0.5) is 0 Å². The molecular weight excluding hydrogens is 232 g/mol. The third-order valence-corrected chi connectivity index (χ3v) is 3.19. The SMILES string of the molecule is CC1CC(=O)C2=C(C1)OCC(Br)C2. The van der Waals surface area contributed by atoms with Gasteiger partial charge in [0.1, 0.15) is 12.4 Å². The second-order valence-corrected chi connectivity index (χ2v) is 5.25. The molecule has 2 aliphatic rings. The Morgan fingerprint density at radius 3 is 2.92 bits per heavy atom. The van der Waals surface area contributed by atoms with E-state index in [4.69, 9.17) is 4.74 Å². The summed E-state index contributed by atoms with van der Waals surface area (Å²) >= 11 is 3.48. The van der Waals surface area contributed by atoms with Crippen LogP contribution in [0.25, 0.3) is 0 Å². The van der Waals surface area contributed by atoms with Crippen molar-refractivity contribution < 1.29 is 9.53 Å². The van der Waals surface area contributed by atoms with E-state index in [1.54, 1.807) is 0 Å². The molecule has 0 aromatic heterocycles. The summed E-state index contributed by atoms with van der Waals surface area (Å²) in [5, 5.41) is 0. The highest BCUT2D eigenvalue weighted by Crippen LogP contribution is 2.34. The van der Waals surface area contributed by atoms with E-state index in [0.29, 0.717) is 23.8 Å². The van der Waals surface area contributed by atoms with Crippen molar-refractivity contribution in [2.45, 2.75) is 31.0 Å². The highest BCUT2D eigenvalue weighted by Gasteiger charge is 2.30. The summed E-state index contributed by atoms with van der Waals surface area (Å²) in [6.07, 6.45) is 2.49. The Bertz CT molecular complexity index is 270. The Morgan fingerprint density at radius 2 is 2.15 bits per heavy atom. The van der Waals surface area contributed by atoms with Crippen molar-refractivity contribution in [2.24, 2.45) is 5.92 Å². The number of ether oxygens (including phenoxy) is 1. The zero-order valence-electron chi connectivity index (χ0n) is 7.68. The summed E-state index contributed by atoms with van der Waals surface area (Å²) < 4.78 is 5.55. The highest BCUT2D eigenvalue weighted by atomic mass is 79.9. The molecule has 1 aliphatic carbocycles. The minimum absolute atomic E-state index is 0.290. The summed E-state index contributed by atoms with van der Waals surface area (Å²) in [6, 6.07) is 0. The van der Waals surface area contributed by atoms with E-state index < -0.39 is 0 Å². The van der Waals surface area contributed by atoms with Crippen LogP contribution in [0.1, 0.15) is 26.2 Å². The van der Waals surface area contributed by atoms with Gasteiger partial charge in [0.15, 0.2) is 5.78 Å². The van der Waals surface area contributed by atoms with Crippen molar-refractivity contribution in [3.8, 4) is 0 Å². The standard InChI is InChI=1S/C10H13BrO2/c1-6-2-9(12)8-4-7(11)5-13-10(8)3-6/h6-7H,2-5H2,1H3. The summed E-state index contributed by atoms with van der Waals surface area (Å²) in [7, 11) is 0. The molecule has 0 saturated carbocycles. The molecule has 0 bridgehead atoms. The number of ketones is 1. The second-order valence-electron chi connectivity index (χ2n) is 3.95. The summed E-state index contributed by atoms with van der Waals surface area (Å²) in [4.78, 5) is 11.9. The Hall–Kier alpha value is -0.310. The molecule has 2 atom stereocenters. The van der Waals surface area contributed by atoms with E-state index in [1.165, 1.54) is 0 Å². The van der Waals surface area contributed by atoms with E-state index in [0.717, 1.165) is 24.2 Å². The fourth-order valence-corrected chi connectivity index (χ4v) is 2.41. The van der Waals surface area contributed by atoms with E-state index in [9.17, 15) is 4.79 Å². The van der Waals surface area contributed by atoms with Crippen molar-refractivity contribution in [3.63, 3.8) is 0 Å². The average molecular weight is 245 g/mol. The molecule has 0 amide bonds. The van der Waals surface area contributed by atoms with Gasteiger partial charge < -0.3 is 4.74 Å². The maximum absolute atomic E-state index is 11.6. The van der Waals surface area contributed by atoms with E-state index in [2.05, 4.69) is 22.9 Å². The second kappa shape index (κ2) is 3.45. The van der Waals surface area contributed by atoms with Crippen LogP contribution in [0.3, 0.4) is 0 Å². The van der Waals surface area contributed by atoms with Crippen LogP contribution in [0.2, 0.25) is 0 Å². The molecule has 0 aromatic rings. The number of halogens is 1. The van der Waals surface area contributed by atoms with Crippen LogP contribution in [0.5, 0.6) is 0 Å². The zero-order valence-corrected chi connectivity index (χ0v) is 9.26. The maximum atomic E-state index is 11.6. The molecule has 1 aliphatic heterocycles. The minimum atomic E-state index is 0.290. The highest BCUT2D eigenvalue weighted by molar-refractivity contribution is 9.09. The lowest BCUT2D eigenvalue weighted by Gasteiger charge is -2.29. The number of allylic oxidation sites excluding steroid dienone is 2. The molecule has 0 saturated heterocycles. The van der Waals surface area contributed by atoms with Gasteiger partial charge in [0.2, 0.25) is 0 Å². The van der Waals surface area contributed by atoms with E-state index in [-0.39, 0.29) is 5.78 Å². The van der Waals surface area contributed by atoms with Crippen molar-refractivity contribution in [1.29, 1.82) is 0 Å². The van der Waals surface area contributed by atoms with E-state index >= 15 is 0 Å². The Kier molecular flexibility index (Phi) is 2.45. The van der Waals surface area contributed by atoms with Gasteiger partial charge in [-0.25, -0.2) is 0 Å². The number of Topliss-reactive ketones (excluding diaryl/α,β-unsaturated/α-hetero) is 1. The number of rotatable bonds is 0. The molecule has 0 aromatic carbocycles. The molecule has 3 heteroatoms. The maximum Gasteiger partial charge on any atom is 0.162 e. The molecular formula is C10H13BrO2. The lowest BCUT2D eigenvalue weighted by molar-refractivity contribution is -0.117. The van der Waals surface area contributed by atoms with Gasteiger partial charge in [-0.3, -0.25) is 4.79 Å². The lowest BCUT2D eigenvalue weighted by atomic mass is 9.85. The number of hydrogen-bond acceptors (Lipinski definition) is 2.